The molecule has 6 rings (SSSR count). The maximum atomic E-state index is 15.4. The Bertz CT molecular complexity index is 2350. The first-order chi connectivity index (χ1) is 27.8. The molecule has 0 fully saturated rings. The van der Waals surface area contributed by atoms with Crippen molar-refractivity contribution >= 4 is 38.9 Å². The number of pyridine rings is 1. The maximum Gasteiger partial charge on any atom is 0.264 e. The van der Waals surface area contributed by atoms with Crippen molar-refractivity contribution in [3.63, 3.8) is 0 Å². The summed E-state index contributed by atoms with van der Waals surface area (Å²) in [4.78, 5) is 5.83. The molecule has 0 aliphatic heterocycles. The predicted octanol–water partition coefficient (Wildman–Crippen LogP) is 8.20. The molecule has 1 heterocycles. The minimum Gasteiger partial charge on any atom is -0.265 e. The van der Waals surface area contributed by atoms with Crippen LogP contribution in [0.25, 0.3) is 10.9 Å². The molecule has 0 saturated carbocycles. The number of hydrogen-bond acceptors (Lipinski definition) is 1. The van der Waals surface area contributed by atoms with Gasteiger partial charge in [0.15, 0.2) is 75.4 Å². The van der Waals surface area contributed by atoms with Gasteiger partial charge < -0.3 is 0 Å². The third-order valence-electron chi connectivity index (χ3n) is 8.75. The van der Waals surface area contributed by atoms with E-state index in [4.69, 9.17) is 4.84 Å². The lowest BCUT2D eigenvalue weighted by molar-refractivity contribution is -0.886. The third kappa shape index (κ3) is 6.89. The van der Waals surface area contributed by atoms with Gasteiger partial charge in [0.25, 0.3) is 5.52 Å². The lowest BCUT2D eigenvalue weighted by Crippen LogP contribution is -2.81. The van der Waals surface area contributed by atoms with Crippen molar-refractivity contribution in [2.45, 2.75) is 26.4 Å². The molecular formula is C37H16BF20NO. The monoisotopic (exact) mass is 881 g/mol. The van der Waals surface area contributed by atoms with Crippen LogP contribution in [0.5, 0.6) is 0 Å². The fourth-order valence-electron chi connectivity index (χ4n) is 6.38. The molecule has 0 aliphatic carbocycles. The Kier molecular flexibility index (Phi) is 11.9. The second kappa shape index (κ2) is 15.9. The van der Waals surface area contributed by atoms with Crippen molar-refractivity contribution in [3.8, 4) is 0 Å². The Morgan fingerprint density at radius 1 is 0.350 bits per heavy atom. The molecule has 0 radical (unpaired) electrons. The van der Waals surface area contributed by atoms with Gasteiger partial charge in [-0.2, -0.15) is 0 Å². The van der Waals surface area contributed by atoms with Crippen LogP contribution < -0.4 is 31.4 Å². The SMILES string of the molecule is CC(C)(C)O[n+]1cccc2ccccc21.Fc1c(F)c(F)c([B-](c2c(F)c(F)c(F)c(F)c2F)(c2c(F)c(F)c(F)c(F)c2F)c2c(F)c(F)c(F)c(F)c2F)c(F)c1F. The van der Waals surface area contributed by atoms with Gasteiger partial charge in [-0.25, -0.2) is 87.8 Å². The van der Waals surface area contributed by atoms with Gasteiger partial charge in [0.1, 0.15) is 52.7 Å². The highest BCUT2D eigenvalue weighted by molar-refractivity contribution is 7.20. The summed E-state index contributed by atoms with van der Waals surface area (Å²) >= 11 is 0. The normalized spacial score (nSPS) is 11.9. The molecule has 5 aromatic carbocycles. The lowest BCUT2D eigenvalue weighted by atomic mass is 9.12. The van der Waals surface area contributed by atoms with Gasteiger partial charge in [-0.15, -0.1) is 21.9 Å². The summed E-state index contributed by atoms with van der Waals surface area (Å²) in [6.07, 6.45) is -5.28. The van der Waals surface area contributed by atoms with Crippen molar-refractivity contribution < 1.29 is 97.4 Å². The molecule has 0 aliphatic rings. The van der Waals surface area contributed by atoms with Crippen LogP contribution in [0.15, 0.2) is 42.6 Å². The van der Waals surface area contributed by atoms with Crippen molar-refractivity contribution in [2.24, 2.45) is 0 Å². The number of nitrogens with zero attached hydrogens (tertiary/aromatic N) is 1. The van der Waals surface area contributed by atoms with E-state index in [1.54, 1.807) is 0 Å². The zero-order valence-electron chi connectivity index (χ0n) is 29.5. The second-order valence-electron chi connectivity index (χ2n) is 13.4. The lowest BCUT2D eigenvalue weighted by Gasteiger charge is -2.44. The van der Waals surface area contributed by atoms with Gasteiger partial charge in [-0.1, -0.05) is 12.1 Å². The van der Waals surface area contributed by atoms with Crippen molar-refractivity contribution in [1.29, 1.82) is 0 Å². The average Bonchev–Trinajstić information content (AvgIpc) is 3.20. The Morgan fingerprint density at radius 2 is 0.583 bits per heavy atom. The molecule has 2 nitrogen and oxygen atoms in total. The van der Waals surface area contributed by atoms with Crippen LogP contribution in [0.1, 0.15) is 20.8 Å². The molecule has 60 heavy (non-hydrogen) atoms. The largest absolute Gasteiger partial charge is 0.265 e. The number of benzene rings is 5. The standard InChI is InChI=1S/C24BF20.C13H16NO/c26-5-1(6(27)14(35)21(42)13(5)34)25(2-7(28)15(36)22(43)16(37)8(2)29,3-9(30)17(38)23(44)18(39)10(3)31)4-11(32)19(40)24(45)20(41)12(4)33;1-13(2,3)15-14-10-6-8-11-7-4-5-9-12(11)14/h;4-10H,1-3H3/q-1;+1. The van der Waals surface area contributed by atoms with Gasteiger partial charge >= 0.3 is 0 Å². The Morgan fingerprint density at radius 3 is 0.850 bits per heavy atom. The predicted molar refractivity (Wildman–Crippen MR) is 170 cm³/mol. The molecule has 0 bridgehead atoms. The van der Waals surface area contributed by atoms with E-state index in [0.29, 0.717) is 0 Å². The van der Waals surface area contributed by atoms with Crippen LogP contribution in [-0.4, -0.2) is 11.7 Å². The molecule has 0 unspecified atom stereocenters. The second-order valence-corrected chi connectivity index (χ2v) is 13.4. The number of fused-ring (bicyclic) bond motifs is 1. The highest BCUT2D eigenvalue weighted by atomic mass is 19.2. The van der Waals surface area contributed by atoms with Crippen LogP contribution >= 0.6 is 0 Å². The first kappa shape index (κ1) is 45.1. The molecular weight excluding hydrogens is 865 g/mol. The minimum atomic E-state index is -7.22. The van der Waals surface area contributed by atoms with Crippen LogP contribution in [0.3, 0.4) is 0 Å². The number of halogens is 20. The summed E-state index contributed by atoms with van der Waals surface area (Å²) < 4.78 is 296. The molecule has 0 amide bonds. The van der Waals surface area contributed by atoms with Gasteiger partial charge in [-0.3, -0.25) is 4.84 Å². The Balaban J connectivity index is 0.000000379. The summed E-state index contributed by atoms with van der Waals surface area (Å²) in [5.41, 5.74) is -13.4. The van der Waals surface area contributed by atoms with Gasteiger partial charge in [0.2, 0.25) is 6.20 Å². The molecule has 23 heteroatoms. The highest BCUT2D eigenvalue weighted by Crippen LogP contribution is 2.30. The topological polar surface area (TPSA) is 13.1 Å². The van der Waals surface area contributed by atoms with Crippen molar-refractivity contribution in [2.75, 3.05) is 0 Å². The van der Waals surface area contributed by atoms with Gasteiger partial charge in [-0.05, 0) is 32.9 Å². The number of aromatic nitrogens is 1. The molecule has 318 valence electrons. The fraction of sp³-hybridized carbons (Fsp3) is 0.108. The van der Waals surface area contributed by atoms with E-state index in [-0.39, 0.29) is 5.60 Å². The number of hydrogen-bond donors (Lipinski definition) is 0. The quantitative estimate of drug-likeness (QED) is 0.0560. The number of para-hydroxylation sites is 1. The molecule has 0 spiro atoms. The van der Waals surface area contributed by atoms with Crippen molar-refractivity contribution in [1.82, 2.24) is 0 Å². The first-order valence-corrected chi connectivity index (χ1v) is 16.1. The summed E-state index contributed by atoms with van der Waals surface area (Å²) in [6, 6.07) is 12.3. The smallest absolute Gasteiger partial charge is 0.264 e. The zero-order chi connectivity index (χ0) is 45.2. The van der Waals surface area contributed by atoms with E-state index in [1.165, 1.54) is 5.39 Å². The minimum absolute atomic E-state index is 0.186. The zero-order valence-corrected chi connectivity index (χ0v) is 29.5. The van der Waals surface area contributed by atoms with E-state index in [1.807, 2.05) is 49.9 Å². The van der Waals surface area contributed by atoms with E-state index in [2.05, 4.69) is 18.2 Å². The summed E-state index contributed by atoms with van der Waals surface area (Å²) in [6.45, 7) is 6.13. The first-order valence-electron chi connectivity index (χ1n) is 16.1. The molecule has 0 saturated heterocycles. The highest BCUT2D eigenvalue weighted by Gasteiger charge is 2.52. The van der Waals surface area contributed by atoms with E-state index in [9.17, 15) is 52.7 Å². The van der Waals surface area contributed by atoms with Gasteiger partial charge in [0.05, 0.1) is 5.39 Å². The van der Waals surface area contributed by atoms with Crippen LogP contribution in [0.2, 0.25) is 0 Å². The molecule has 0 N–H and O–H groups in total. The Labute approximate surface area is 321 Å². The number of rotatable bonds is 5. The molecule has 1 aromatic heterocycles. The third-order valence-corrected chi connectivity index (χ3v) is 8.75. The van der Waals surface area contributed by atoms with Crippen LogP contribution in [-0.2, 0) is 0 Å². The van der Waals surface area contributed by atoms with Gasteiger partial charge in [0, 0.05) is 16.9 Å². The summed E-state index contributed by atoms with van der Waals surface area (Å²) in [5, 5.41) is 1.18. The summed E-state index contributed by atoms with van der Waals surface area (Å²) in [5.74, 6) is -71.4. The fourth-order valence-corrected chi connectivity index (χ4v) is 6.38. The van der Waals surface area contributed by atoms with Crippen LogP contribution in [0, 0.1) is 116 Å². The average molecular weight is 881 g/mol. The van der Waals surface area contributed by atoms with Crippen molar-refractivity contribution in [3.05, 3.63) is 159 Å². The van der Waals surface area contributed by atoms with Crippen LogP contribution in [0.4, 0.5) is 87.8 Å². The maximum absolute atomic E-state index is 15.4. The molecule has 6 aromatic rings. The van der Waals surface area contributed by atoms with E-state index < -0.39 is 144 Å². The summed E-state index contributed by atoms with van der Waals surface area (Å²) in [7, 11) is 0. The van der Waals surface area contributed by atoms with E-state index in [0.717, 1.165) is 5.52 Å². The van der Waals surface area contributed by atoms with E-state index >= 15 is 35.1 Å². The Hall–Kier alpha value is -6.03. The molecule has 0 atom stereocenters.